The SMILES string of the molecule is CCCCCCCC/C=C\CCCCCCCC(=O)NC(CO)C(O)/C=C/CCCCCCCCCCCCCCCC. The fraction of sp³-hybridized carbons (Fsp3) is 0.872. The molecule has 1 amide bonds. The molecule has 0 heterocycles. The number of rotatable bonds is 34. The third kappa shape index (κ3) is 32.1. The monoisotopic (exact) mass is 606 g/mol. The van der Waals surface area contributed by atoms with Crippen LogP contribution in [-0.2, 0) is 4.79 Å². The highest BCUT2D eigenvalue weighted by atomic mass is 16.3. The summed E-state index contributed by atoms with van der Waals surface area (Å²) in [5.74, 6) is -0.0731. The normalized spacial score (nSPS) is 13.3. The Labute approximate surface area is 269 Å². The second-order valence-electron chi connectivity index (χ2n) is 13.0. The van der Waals surface area contributed by atoms with Gasteiger partial charge in [0.1, 0.15) is 0 Å². The molecule has 0 aromatic rings. The fourth-order valence-electron chi connectivity index (χ4n) is 5.70. The van der Waals surface area contributed by atoms with Crippen LogP contribution in [0, 0.1) is 0 Å². The molecule has 0 bridgehead atoms. The molecular weight excluding hydrogens is 530 g/mol. The summed E-state index contributed by atoms with van der Waals surface area (Å²) in [7, 11) is 0. The molecule has 0 aliphatic carbocycles. The Morgan fingerprint density at radius 2 is 0.884 bits per heavy atom. The molecule has 254 valence electrons. The fourth-order valence-corrected chi connectivity index (χ4v) is 5.70. The molecule has 0 aliphatic rings. The van der Waals surface area contributed by atoms with Gasteiger partial charge in [-0.2, -0.15) is 0 Å². The first-order chi connectivity index (χ1) is 21.2. The highest BCUT2D eigenvalue weighted by Crippen LogP contribution is 2.14. The molecule has 0 aromatic carbocycles. The maximum atomic E-state index is 12.3. The van der Waals surface area contributed by atoms with Gasteiger partial charge in [0.15, 0.2) is 0 Å². The van der Waals surface area contributed by atoms with Gasteiger partial charge in [-0.25, -0.2) is 0 Å². The van der Waals surface area contributed by atoms with E-state index in [1.54, 1.807) is 6.08 Å². The quantitative estimate of drug-likeness (QED) is 0.0505. The van der Waals surface area contributed by atoms with Crippen molar-refractivity contribution in [1.82, 2.24) is 5.32 Å². The number of allylic oxidation sites excluding steroid dienone is 3. The molecule has 4 heteroatoms. The molecule has 0 rings (SSSR count). The minimum absolute atomic E-state index is 0.0731. The zero-order valence-corrected chi connectivity index (χ0v) is 29.0. The molecular formula is C39H75NO3. The lowest BCUT2D eigenvalue weighted by Gasteiger charge is -2.20. The third-order valence-electron chi connectivity index (χ3n) is 8.68. The Morgan fingerprint density at radius 3 is 1.28 bits per heavy atom. The predicted molar refractivity (Wildman–Crippen MR) is 189 cm³/mol. The lowest BCUT2D eigenvalue weighted by Crippen LogP contribution is -2.45. The van der Waals surface area contributed by atoms with Gasteiger partial charge >= 0.3 is 0 Å². The van der Waals surface area contributed by atoms with Gasteiger partial charge < -0.3 is 15.5 Å². The standard InChI is InChI=1S/C39H75NO3/c1-3-5-7-9-11-13-15-17-19-21-22-24-26-28-30-32-34-38(42)37(36-41)40-39(43)35-33-31-29-27-25-23-20-18-16-14-12-10-8-6-4-2/h18,20,32,34,37-38,41-42H,3-17,19,21-31,33,35-36H2,1-2H3,(H,40,43)/b20-18-,34-32+. The van der Waals surface area contributed by atoms with Gasteiger partial charge in [0.25, 0.3) is 0 Å². The van der Waals surface area contributed by atoms with E-state index in [-0.39, 0.29) is 12.5 Å². The van der Waals surface area contributed by atoms with Gasteiger partial charge in [-0.05, 0) is 44.9 Å². The number of unbranched alkanes of at least 4 members (excludes halogenated alkanes) is 25. The van der Waals surface area contributed by atoms with Crippen molar-refractivity contribution in [2.75, 3.05) is 6.61 Å². The van der Waals surface area contributed by atoms with E-state index in [4.69, 9.17) is 0 Å². The van der Waals surface area contributed by atoms with Gasteiger partial charge in [0, 0.05) is 6.42 Å². The summed E-state index contributed by atoms with van der Waals surface area (Å²) < 4.78 is 0. The highest BCUT2D eigenvalue weighted by molar-refractivity contribution is 5.76. The average Bonchev–Trinajstić information content (AvgIpc) is 3.01. The smallest absolute Gasteiger partial charge is 0.220 e. The van der Waals surface area contributed by atoms with E-state index in [1.807, 2.05) is 6.08 Å². The van der Waals surface area contributed by atoms with Gasteiger partial charge in [-0.3, -0.25) is 4.79 Å². The van der Waals surface area contributed by atoms with Crippen molar-refractivity contribution in [3.8, 4) is 0 Å². The number of aliphatic hydroxyl groups is 2. The predicted octanol–water partition coefficient (Wildman–Crippen LogP) is 11.3. The molecule has 2 atom stereocenters. The number of hydrogen-bond acceptors (Lipinski definition) is 3. The Bertz CT molecular complexity index is 618. The molecule has 4 nitrogen and oxygen atoms in total. The second kappa shape index (κ2) is 35.4. The number of aliphatic hydroxyl groups excluding tert-OH is 2. The molecule has 43 heavy (non-hydrogen) atoms. The van der Waals surface area contributed by atoms with Gasteiger partial charge in [-0.15, -0.1) is 0 Å². The van der Waals surface area contributed by atoms with Crippen LogP contribution < -0.4 is 5.32 Å². The summed E-state index contributed by atoms with van der Waals surface area (Å²) in [6, 6.07) is -0.622. The number of nitrogens with one attached hydrogen (secondary N) is 1. The molecule has 0 spiro atoms. The van der Waals surface area contributed by atoms with Crippen molar-refractivity contribution in [1.29, 1.82) is 0 Å². The summed E-state index contributed by atoms with van der Waals surface area (Å²) >= 11 is 0. The zero-order chi connectivity index (χ0) is 31.5. The minimum Gasteiger partial charge on any atom is -0.394 e. The van der Waals surface area contributed by atoms with Gasteiger partial charge in [-0.1, -0.05) is 173 Å². The Balaban J connectivity index is 3.62. The second-order valence-corrected chi connectivity index (χ2v) is 13.0. The van der Waals surface area contributed by atoms with Crippen LogP contribution in [0.1, 0.15) is 200 Å². The Kier molecular flexibility index (Phi) is 34.4. The Morgan fingerprint density at radius 1 is 0.535 bits per heavy atom. The van der Waals surface area contributed by atoms with Crippen LogP contribution in [0.5, 0.6) is 0 Å². The van der Waals surface area contributed by atoms with Crippen LogP contribution in [0.15, 0.2) is 24.3 Å². The molecule has 2 unspecified atom stereocenters. The lowest BCUT2D eigenvalue weighted by molar-refractivity contribution is -0.123. The third-order valence-corrected chi connectivity index (χ3v) is 8.68. The van der Waals surface area contributed by atoms with Crippen LogP contribution in [0.25, 0.3) is 0 Å². The van der Waals surface area contributed by atoms with E-state index in [1.165, 1.54) is 148 Å². The molecule has 0 aliphatic heterocycles. The van der Waals surface area contributed by atoms with Crippen molar-refractivity contribution in [3.05, 3.63) is 24.3 Å². The van der Waals surface area contributed by atoms with Gasteiger partial charge in [0.2, 0.25) is 5.91 Å². The van der Waals surface area contributed by atoms with Crippen LogP contribution in [0.3, 0.4) is 0 Å². The number of carbonyl (C=O) groups is 1. The first kappa shape index (κ1) is 41.9. The average molecular weight is 606 g/mol. The van der Waals surface area contributed by atoms with E-state index >= 15 is 0 Å². The topological polar surface area (TPSA) is 69.6 Å². The highest BCUT2D eigenvalue weighted by Gasteiger charge is 2.17. The molecule has 0 saturated carbocycles. The van der Waals surface area contributed by atoms with E-state index in [0.29, 0.717) is 6.42 Å². The van der Waals surface area contributed by atoms with Crippen molar-refractivity contribution >= 4 is 5.91 Å². The van der Waals surface area contributed by atoms with Crippen LogP contribution in [-0.4, -0.2) is 34.9 Å². The summed E-state index contributed by atoms with van der Waals surface area (Å²) in [4.78, 5) is 12.3. The van der Waals surface area contributed by atoms with Crippen LogP contribution in [0.4, 0.5) is 0 Å². The minimum atomic E-state index is -0.838. The van der Waals surface area contributed by atoms with Crippen molar-refractivity contribution in [3.63, 3.8) is 0 Å². The first-order valence-electron chi connectivity index (χ1n) is 19.1. The maximum Gasteiger partial charge on any atom is 0.220 e. The lowest BCUT2D eigenvalue weighted by atomic mass is 10.0. The first-order valence-corrected chi connectivity index (χ1v) is 19.1. The zero-order valence-electron chi connectivity index (χ0n) is 29.0. The summed E-state index contributed by atoms with van der Waals surface area (Å²) in [6.45, 7) is 4.29. The maximum absolute atomic E-state index is 12.3. The van der Waals surface area contributed by atoms with E-state index < -0.39 is 12.1 Å². The molecule has 0 aromatic heterocycles. The molecule has 0 radical (unpaired) electrons. The number of carbonyl (C=O) groups excluding carboxylic acids is 1. The molecule has 0 saturated heterocycles. The van der Waals surface area contributed by atoms with Crippen LogP contribution >= 0.6 is 0 Å². The summed E-state index contributed by atoms with van der Waals surface area (Å²) in [5, 5.41) is 22.9. The van der Waals surface area contributed by atoms with E-state index in [0.717, 1.165) is 32.1 Å². The van der Waals surface area contributed by atoms with E-state index in [2.05, 4.69) is 31.3 Å². The van der Waals surface area contributed by atoms with E-state index in [9.17, 15) is 15.0 Å². The summed E-state index contributed by atoms with van der Waals surface area (Å²) in [6.07, 6.45) is 44.0. The summed E-state index contributed by atoms with van der Waals surface area (Å²) in [5.41, 5.74) is 0. The van der Waals surface area contributed by atoms with Crippen molar-refractivity contribution in [2.24, 2.45) is 0 Å². The molecule has 0 fully saturated rings. The van der Waals surface area contributed by atoms with Crippen LogP contribution in [0.2, 0.25) is 0 Å². The Hall–Kier alpha value is -1.13. The van der Waals surface area contributed by atoms with Crippen molar-refractivity contribution in [2.45, 2.75) is 212 Å². The largest absolute Gasteiger partial charge is 0.394 e. The van der Waals surface area contributed by atoms with Gasteiger partial charge in [0.05, 0.1) is 18.8 Å². The van der Waals surface area contributed by atoms with Crippen molar-refractivity contribution < 1.29 is 15.0 Å². The molecule has 3 N–H and O–H groups in total. The number of amides is 1. The number of hydrogen-bond donors (Lipinski definition) is 3.